The Kier molecular flexibility index (Phi) is 6.07. The van der Waals surface area contributed by atoms with Gasteiger partial charge in [0.2, 0.25) is 11.8 Å². The van der Waals surface area contributed by atoms with Gasteiger partial charge >= 0.3 is 0 Å². The summed E-state index contributed by atoms with van der Waals surface area (Å²) in [4.78, 5) is 24.9. The van der Waals surface area contributed by atoms with E-state index in [1.165, 1.54) is 31.4 Å². The third-order valence-electron chi connectivity index (χ3n) is 6.91. The fourth-order valence-corrected chi connectivity index (χ4v) is 5.98. The van der Waals surface area contributed by atoms with Gasteiger partial charge in [0.1, 0.15) is 11.6 Å². The SMILES string of the molecule is O=C(CNC(=O)C12CC3CC(CC(C3)C1)C2)NCCCCOc1ccc(F)cc1. The number of unbranched alkanes of at least 4 members (excludes halogenated alkanes) is 1. The van der Waals surface area contributed by atoms with Crippen LogP contribution in [0.3, 0.4) is 0 Å². The average molecular weight is 403 g/mol. The predicted octanol–water partition coefficient (Wildman–Crippen LogP) is 3.43. The van der Waals surface area contributed by atoms with Gasteiger partial charge in [-0.3, -0.25) is 9.59 Å². The van der Waals surface area contributed by atoms with Crippen molar-refractivity contribution >= 4 is 11.8 Å². The second kappa shape index (κ2) is 8.72. The third kappa shape index (κ3) is 4.90. The van der Waals surface area contributed by atoms with Crippen LogP contribution in [0.4, 0.5) is 4.39 Å². The largest absolute Gasteiger partial charge is 0.494 e. The zero-order valence-electron chi connectivity index (χ0n) is 16.9. The number of carbonyl (C=O) groups excluding carboxylic acids is 2. The van der Waals surface area contributed by atoms with Crippen molar-refractivity contribution in [3.05, 3.63) is 30.1 Å². The van der Waals surface area contributed by atoms with Crippen LogP contribution in [0, 0.1) is 29.0 Å². The van der Waals surface area contributed by atoms with Crippen LogP contribution >= 0.6 is 0 Å². The molecule has 2 amide bonds. The van der Waals surface area contributed by atoms with E-state index in [1.54, 1.807) is 12.1 Å². The summed E-state index contributed by atoms with van der Waals surface area (Å²) in [5.41, 5.74) is -0.202. The van der Waals surface area contributed by atoms with Gasteiger partial charge in [-0.05, 0) is 93.4 Å². The lowest BCUT2D eigenvalue weighted by molar-refractivity contribution is -0.147. The average Bonchev–Trinajstić information content (AvgIpc) is 2.69. The Morgan fingerprint density at radius 2 is 1.59 bits per heavy atom. The Labute approximate surface area is 171 Å². The van der Waals surface area contributed by atoms with E-state index < -0.39 is 0 Å². The van der Waals surface area contributed by atoms with Gasteiger partial charge < -0.3 is 15.4 Å². The van der Waals surface area contributed by atoms with E-state index >= 15 is 0 Å². The van der Waals surface area contributed by atoms with Crippen molar-refractivity contribution in [2.75, 3.05) is 19.7 Å². The molecule has 1 aromatic rings. The number of hydrogen-bond donors (Lipinski definition) is 2. The fourth-order valence-electron chi connectivity index (χ4n) is 5.98. The van der Waals surface area contributed by atoms with Crippen molar-refractivity contribution in [3.63, 3.8) is 0 Å². The first kappa shape index (κ1) is 20.2. The minimum absolute atomic E-state index is 0.0622. The second-order valence-electron chi connectivity index (χ2n) is 9.24. The van der Waals surface area contributed by atoms with Gasteiger partial charge in [-0.25, -0.2) is 4.39 Å². The van der Waals surface area contributed by atoms with E-state index in [0.29, 0.717) is 18.9 Å². The molecule has 0 spiro atoms. The first-order chi connectivity index (χ1) is 14.0. The monoisotopic (exact) mass is 402 g/mol. The van der Waals surface area contributed by atoms with Gasteiger partial charge in [0.15, 0.2) is 0 Å². The molecular weight excluding hydrogens is 371 g/mol. The first-order valence-electron chi connectivity index (χ1n) is 11.0. The zero-order chi connectivity index (χ0) is 20.3. The van der Waals surface area contributed by atoms with Crippen LogP contribution in [0.15, 0.2) is 24.3 Å². The highest BCUT2D eigenvalue weighted by Crippen LogP contribution is 2.60. The summed E-state index contributed by atoms with van der Waals surface area (Å²) in [5, 5.41) is 5.77. The lowest BCUT2D eigenvalue weighted by atomic mass is 9.49. The lowest BCUT2D eigenvalue weighted by Gasteiger charge is -2.55. The number of rotatable bonds is 9. The first-order valence-corrected chi connectivity index (χ1v) is 11.0. The van der Waals surface area contributed by atoms with Crippen LogP contribution in [0.5, 0.6) is 5.75 Å². The number of hydrogen-bond acceptors (Lipinski definition) is 3. The molecule has 158 valence electrons. The highest BCUT2D eigenvalue weighted by Gasteiger charge is 2.54. The molecule has 4 aliphatic rings. The molecule has 0 aliphatic heterocycles. The number of benzene rings is 1. The van der Waals surface area contributed by atoms with Gasteiger partial charge in [-0.2, -0.15) is 0 Å². The van der Waals surface area contributed by atoms with Gasteiger partial charge in [0.25, 0.3) is 0 Å². The van der Waals surface area contributed by atoms with Crippen LogP contribution in [0.2, 0.25) is 0 Å². The van der Waals surface area contributed by atoms with Crippen LogP contribution in [0.25, 0.3) is 0 Å². The molecule has 0 aromatic heterocycles. The predicted molar refractivity (Wildman–Crippen MR) is 108 cm³/mol. The zero-order valence-corrected chi connectivity index (χ0v) is 16.9. The molecule has 5 nitrogen and oxygen atoms in total. The number of nitrogens with one attached hydrogen (secondary N) is 2. The van der Waals surface area contributed by atoms with E-state index in [-0.39, 0.29) is 29.6 Å². The standard InChI is InChI=1S/C23H31FN2O3/c24-19-3-5-20(6-4-19)29-8-2-1-7-25-21(27)15-26-22(28)23-12-16-9-17(13-23)11-18(10-16)14-23/h3-6,16-18H,1-2,7-15H2,(H,25,27)(H,26,28). The van der Waals surface area contributed by atoms with Gasteiger partial charge in [-0.15, -0.1) is 0 Å². The number of carbonyl (C=O) groups is 2. The molecule has 0 unspecified atom stereocenters. The minimum atomic E-state index is -0.282. The smallest absolute Gasteiger partial charge is 0.239 e. The molecule has 0 atom stereocenters. The number of amides is 2. The molecule has 6 heteroatoms. The molecule has 4 saturated carbocycles. The lowest BCUT2D eigenvalue weighted by Crippen LogP contribution is -2.54. The number of halogens is 1. The maximum Gasteiger partial charge on any atom is 0.239 e. The van der Waals surface area contributed by atoms with Crippen molar-refractivity contribution in [2.45, 2.75) is 51.4 Å². The van der Waals surface area contributed by atoms with E-state index in [2.05, 4.69) is 10.6 Å². The summed E-state index contributed by atoms with van der Waals surface area (Å²) in [6.07, 6.45) is 8.53. The van der Waals surface area contributed by atoms with Gasteiger partial charge in [0, 0.05) is 12.0 Å². The van der Waals surface area contributed by atoms with E-state index in [0.717, 1.165) is 49.9 Å². The summed E-state index contributed by atoms with van der Waals surface area (Å²) >= 11 is 0. The van der Waals surface area contributed by atoms with E-state index in [1.807, 2.05) is 0 Å². The number of ether oxygens (including phenoxy) is 1. The molecule has 4 fully saturated rings. The molecule has 4 aliphatic carbocycles. The quantitative estimate of drug-likeness (QED) is 0.622. The summed E-state index contributed by atoms with van der Waals surface area (Å²) in [6, 6.07) is 5.94. The van der Waals surface area contributed by atoms with Crippen molar-refractivity contribution in [2.24, 2.45) is 23.2 Å². The van der Waals surface area contributed by atoms with Crippen LogP contribution < -0.4 is 15.4 Å². The molecular formula is C23H31FN2O3. The molecule has 0 heterocycles. The van der Waals surface area contributed by atoms with Crippen LogP contribution in [-0.4, -0.2) is 31.5 Å². The van der Waals surface area contributed by atoms with Gasteiger partial charge in [0.05, 0.1) is 13.2 Å². The normalized spacial score (nSPS) is 29.5. The molecule has 4 bridgehead atoms. The highest BCUT2D eigenvalue weighted by atomic mass is 19.1. The summed E-state index contributed by atoms with van der Waals surface area (Å²) < 4.78 is 18.4. The van der Waals surface area contributed by atoms with Crippen molar-refractivity contribution in [1.29, 1.82) is 0 Å². The molecule has 1 aromatic carbocycles. The van der Waals surface area contributed by atoms with E-state index in [4.69, 9.17) is 4.74 Å². The Morgan fingerprint density at radius 1 is 0.966 bits per heavy atom. The Hall–Kier alpha value is -2.11. The second-order valence-corrected chi connectivity index (χ2v) is 9.24. The third-order valence-corrected chi connectivity index (χ3v) is 6.91. The Balaban J connectivity index is 1.09. The van der Waals surface area contributed by atoms with E-state index in [9.17, 15) is 14.0 Å². The van der Waals surface area contributed by atoms with Gasteiger partial charge in [-0.1, -0.05) is 0 Å². The Bertz CT molecular complexity index is 699. The highest BCUT2D eigenvalue weighted by molar-refractivity contribution is 5.88. The maximum atomic E-state index is 12.8. The van der Waals surface area contributed by atoms with Crippen molar-refractivity contribution in [1.82, 2.24) is 10.6 Å². The molecule has 29 heavy (non-hydrogen) atoms. The minimum Gasteiger partial charge on any atom is -0.494 e. The topological polar surface area (TPSA) is 67.4 Å². The molecule has 5 rings (SSSR count). The maximum absolute atomic E-state index is 12.8. The molecule has 0 saturated heterocycles. The fraction of sp³-hybridized carbons (Fsp3) is 0.652. The summed E-state index contributed by atoms with van der Waals surface area (Å²) in [7, 11) is 0. The molecule has 0 radical (unpaired) electrons. The molecule has 2 N–H and O–H groups in total. The summed E-state index contributed by atoms with van der Waals surface area (Å²) in [5.74, 6) is 2.48. The van der Waals surface area contributed by atoms with Crippen molar-refractivity contribution < 1.29 is 18.7 Å². The Morgan fingerprint density at radius 3 is 2.21 bits per heavy atom. The van der Waals surface area contributed by atoms with Crippen LogP contribution in [0.1, 0.15) is 51.4 Å². The van der Waals surface area contributed by atoms with Crippen LogP contribution in [-0.2, 0) is 9.59 Å². The summed E-state index contributed by atoms with van der Waals surface area (Å²) in [6.45, 7) is 1.13. The van der Waals surface area contributed by atoms with Crippen molar-refractivity contribution in [3.8, 4) is 5.75 Å².